The molecule has 1 aliphatic rings. The molecule has 14 nitrogen and oxygen atoms in total. The van der Waals surface area contributed by atoms with Gasteiger partial charge in [0.1, 0.15) is 24.4 Å². The summed E-state index contributed by atoms with van der Waals surface area (Å²) >= 11 is 0. The third-order valence-corrected chi connectivity index (χ3v) is 3.87. The summed E-state index contributed by atoms with van der Waals surface area (Å²) in [4.78, 5) is 20.9. The number of aliphatic hydroxyl groups is 8. The summed E-state index contributed by atoms with van der Waals surface area (Å²) in [6.07, 6.45) is -5.81. The highest BCUT2D eigenvalue weighted by atomic mass is 16.6. The van der Waals surface area contributed by atoms with E-state index in [1.54, 1.807) is 0 Å². The molecule has 10 N–H and O–H groups in total. The van der Waals surface area contributed by atoms with Gasteiger partial charge in [0.2, 0.25) is 0 Å². The second-order valence-corrected chi connectivity index (χ2v) is 6.84. The van der Waals surface area contributed by atoms with Crippen LogP contribution in [0.4, 0.5) is 0 Å². The van der Waals surface area contributed by atoms with Crippen molar-refractivity contribution >= 4 is 11.9 Å². The monoisotopic (exact) mass is 512 g/mol. The Morgan fingerprint density at radius 1 is 0.857 bits per heavy atom. The largest absolute Gasteiger partial charge is 0.478 e. The van der Waals surface area contributed by atoms with E-state index in [0.717, 1.165) is 6.61 Å². The zero-order chi connectivity index (χ0) is 27.4. The third-order valence-electron chi connectivity index (χ3n) is 3.87. The van der Waals surface area contributed by atoms with Gasteiger partial charge in [-0.1, -0.05) is 12.1 Å². The molecule has 0 amide bonds. The molecular weight excluding hydrogens is 476 g/mol. The van der Waals surface area contributed by atoms with Gasteiger partial charge in [-0.15, -0.1) is 0 Å². The molecule has 1 heterocycles. The molecule has 0 saturated carbocycles. The number of hydrogen-bond acceptors (Lipinski definition) is 12. The summed E-state index contributed by atoms with van der Waals surface area (Å²) in [5.74, 6) is -2.46. The molecule has 1 saturated heterocycles. The summed E-state index contributed by atoms with van der Waals surface area (Å²) in [5.41, 5.74) is -0.380. The fourth-order valence-electron chi connectivity index (χ4n) is 1.85. The topological polar surface area (TPSA) is 258 Å². The van der Waals surface area contributed by atoms with Gasteiger partial charge in [0, 0.05) is 0 Å². The van der Waals surface area contributed by atoms with E-state index in [4.69, 9.17) is 55.8 Å². The number of aliphatic hydroxyl groups excluding tert-OH is 8. The Morgan fingerprint density at radius 2 is 1.17 bits per heavy atom. The summed E-state index contributed by atoms with van der Waals surface area (Å²) < 4.78 is 9.34. The molecule has 1 aromatic carbocycles. The molecule has 14 heteroatoms. The normalized spacial score (nSPS) is 17.0. The third kappa shape index (κ3) is 17.8. The summed E-state index contributed by atoms with van der Waals surface area (Å²) in [6, 6.07) is 5.48. The van der Waals surface area contributed by atoms with Gasteiger partial charge in [0.25, 0.3) is 0 Å². The lowest BCUT2D eigenvalue weighted by atomic mass is 10.0. The molecule has 0 aromatic heterocycles. The Bertz CT molecular complexity index is 631. The van der Waals surface area contributed by atoms with Gasteiger partial charge >= 0.3 is 11.9 Å². The highest BCUT2D eigenvalue weighted by Gasteiger charge is 2.29. The highest BCUT2D eigenvalue weighted by molar-refractivity contribution is 6.01. The van der Waals surface area contributed by atoms with Crippen LogP contribution in [0.1, 0.15) is 27.6 Å². The quantitative estimate of drug-likeness (QED) is 0.104. The van der Waals surface area contributed by atoms with Crippen LogP contribution in [0.15, 0.2) is 24.3 Å². The molecule has 0 radical (unpaired) electrons. The van der Waals surface area contributed by atoms with E-state index >= 15 is 0 Å². The van der Waals surface area contributed by atoms with Crippen molar-refractivity contribution < 1.29 is 70.1 Å². The van der Waals surface area contributed by atoms with E-state index in [9.17, 15) is 9.59 Å². The van der Waals surface area contributed by atoms with E-state index < -0.39 is 49.6 Å². The van der Waals surface area contributed by atoms with Crippen LogP contribution in [0.3, 0.4) is 0 Å². The first-order valence-corrected chi connectivity index (χ1v) is 10.4. The number of aromatic carboxylic acids is 2. The Labute approximate surface area is 201 Å². The number of epoxide rings is 1. The fraction of sp³-hybridized carbons (Fsp3) is 0.619. The van der Waals surface area contributed by atoms with Gasteiger partial charge < -0.3 is 60.5 Å². The number of carboxylic acids is 2. The lowest BCUT2D eigenvalue weighted by Crippen LogP contribution is -2.46. The van der Waals surface area contributed by atoms with Crippen LogP contribution < -0.4 is 0 Å². The first-order chi connectivity index (χ1) is 16.5. The standard InChI is InChI=1S/C8H6O4.C6H14O6.C4H10O3.C3H6O/c9-7(10)5-3-1-2-4-6(5)8(11)12;7-1-3(9)5(11)6(12)4(10)2-8;5-1-3-7-4-2-6;1-3-2-4-3/h1-4H,(H,9,10)(H,11,12);3-12H,1-2H2;5-6H,1-4H2;3H,2H2,1H3/t;3-,4+,5-,6-;;/m.1../s1. The minimum atomic E-state index is -1.67. The Hall–Kier alpha value is -2.24. The highest BCUT2D eigenvalue weighted by Crippen LogP contribution is 2.08. The number of hydrogen-bond donors (Lipinski definition) is 10. The Morgan fingerprint density at radius 3 is 1.37 bits per heavy atom. The first-order valence-electron chi connectivity index (χ1n) is 10.4. The van der Waals surface area contributed by atoms with Gasteiger partial charge in [0.15, 0.2) is 0 Å². The maximum Gasteiger partial charge on any atom is 0.336 e. The van der Waals surface area contributed by atoms with Crippen molar-refractivity contribution in [3.05, 3.63) is 35.4 Å². The molecular formula is C21H36O14. The Balaban J connectivity index is 0. The molecule has 2 rings (SSSR count). The van der Waals surface area contributed by atoms with E-state index in [2.05, 4.69) is 11.7 Å². The second-order valence-electron chi connectivity index (χ2n) is 6.84. The van der Waals surface area contributed by atoms with Crippen LogP contribution in [0.2, 0.25) is 0 Å². The van der Waals surface area contributed by atoms with Crippen molar-refractivity contribution in [2.75, 3.05) is 46.2 Å². The Kier molecular flexibility index (Phi) is 21.0. The van der Waals surface area contributed by atoms with Crippen LogP contribution in [0, 0.1) is 0 Å². The minimum Gasteiger partial charge on any atom is -0.478 e. The van der Waals surface area contributed by atoms with Crippen molar-refractivity contribution in [1.29, 1.82) is 0 Å². The number of carbonyl (C=O) groups is 2. The van der Waals surface area contributed by atoms with Gasteiger partial charge in [0.05, 0.1) is 63.5 Å². The van der Waals surface area contributed by atoms with Crippen LogP contribution >= 0.6 is 0 Å². The average molecular weight is 513 g/mol. The van der Waals surface area contributed by atoms with E-state index in [-0.39, 0.29) is 24.3 Å². The van der Waals surface area contributed by atoms with E-state index in [1.807, 2.05) is 0 Å². The number of rotatable bonds is 11. The maximum atomic E-state index is 10.5. The van der Waals surface area contributed by atoms with Gasteiger partial charge in [-0.2, -0.15) is 0 Å². The van der Waals surface area contributed by atoms with Crippen LogP contribution in [-0.4, -0.2) is 140 Å². The van der Waals surface area contributed by atoms with Crippen molar-refractivity contribution in [3.63, 3.8) is 0 Å². The molecule has 0 bridgehead atoms. The average Bonchev–Trinajstić information content (AvgIpc) is 3.65. The molecule has 1 aliphatic heterocycles. The first kappa shape index (κ1) is 34.9. The molecule has 204 valence electrons. The van der Waals surface area contributed by atoms with E-state index in [0.29, 0.717) is 19.3 Å². The lowest BCUT2D eigenvalue weighted by molar-refractivity contribution is -0.123. The smallest absolute Gasteiger partial charge is 0.336 e. The summed E-state index contributed by atoms with van der Waals surface area (Å²) in [6.45, 7) is 2.29. The molecule has 1 aromatic rings. The van der Waals surface area contributed by atoms with E-state index in [1.165, 1.54) is 24.3 Å². The van der Waals surface area contributed by atoms with Crippen molar-refractivity contribution in [3.8, 4) is 0 Å². The minimum absolute atomic E-state index is 0.0278. The van der Waals surface area contributed by atoms with Gasteiger partial charge in [-0.3, -0.25) is 0 Å². The molecule has 35 heavy (non-hydrogen) atoms. The molecule has 5 atom stereocenters. The van der Waals surface area contributed by atoms with Gasteiger partial charge in [-0.25, -0.2) is 9.59 Å². The molecule has 1 unspecified atom stereocenters. The number of ether oxygens (including phenoxy) is 2. The lowest BCUT2D eigenvalue weighted by Gasteiger charge is -2.24. The van der Waals surface area contributed by atoms with Crippen LogP contribution in [-0.2, 0) is 9.47 Å². The summed E-state index contributed by atoms with van der Waals surface area (Å²) in [7, 11) is 0. The van der Waals surface area contributed by atoms with Crippen LogP contribution in [0.25, 0.3) is 0 Å². The van der Waals surface area contributed by atoms with Crippen molar-refractivity contribution in [1.82, 2.24) is 0 Å². The van der Waals surface area contributed by atoms with Crippen molar-refractivity contribution in [2.24, 2.45) is 0 Å². The van der Waals surface area contributed by atoms with Gasteiger partial charge in [-0.05, 0) is 19.1 Å². The predicted molar refractivity (Wildman–Crippen MR) is 119 cm³/mol. The van der Waals surface area contributed by atoms with Crippen molar-refractivity contribution in [2.45, 2.75) is 37.4 Å². The number of carboxylic acid groups (broad SMARTS) is 2. The molecule has 1 fully saturated rings. The van der Waals surface area contributed by atoms with Crippen LogP contribution in [0.5, 0.6) is 0 Å². The second kappa shape index (κ2) is 21.1. The predicted octanol–water partition coefficient (Wildman–Crippen LogP) is -3.11. The fourth-order valence-corrected chi connectivity index (χ4v) is 1.85. The molecule has 0 spiro atoms. The zero-order valence-corrected chi connectivity index (χ0v) is 19.3. The summed E-state index contributed by atoms with van der Waals surface area (Å²) in [5, 5.41) is 85.5. The molecule has 0 aliphatic carbocycles. The maximum absolute atomic E-state index is 10.5. The number of benzene rings is 1. The SMILES string of the molecule is CC1CO1.O=C(O)c1ccccc1C(=O)O.OCCOCCO.OC[C@@H](O)[C@@H](O)[C@H](O)[C@@H](O)CO. The zero-order valence-electron chi connectivity index (χ0n) is 19.3.